The van der Waals surface area contributed by atoms with Gasteiger partial charge in [-0.05, 0) is 61.9 Å². The summed E-state index contributed by atoms with van der Waals surface area (Å²) >= 11 is 0. The molecule has 4 unspecified atom stereocenters. The number of hydrogen-bond donors (Lipinski definition) is 2. The molecule has 0 radical (unpaired) electrons. The summed E-state index contributed by atoms with van der Waals surface area (Å²) in [5.41, 5.74) is 2.40. The third kappa shape index (κ3) is 4.69. The van der Waals surface area contributed by atoms with Crippen molar-refractivity contribution in [2.45, 2.75) is 50.8 Å². The monoisotopic (exact) mass is 364 g/mol. The van der Waals surface area contributed by atoms with Gasteiger partial charge in [-0.3, -0.25) is 4.79 Å². The molecule has 0 aromatic heterocycles. The topological polar surface area (TPSA) is 50.4 Å². The zero-order valence-electron chi connectivity index (χ0n) is 15.9. The summed E-state index contributed by atoms with van der Waals surface area (Å²) in [6, 6.07) is 19.2. The second-order valence-corrected chi connectivity index (χ2v) is 7.88. The molecule has 27 heavy (non-hydrogen) atoms. The highest BCUT2D eigenvalue weighted by Gasteiger charge is 2.44. The zero-order valence-corrected chi connectivity index (χ0v) is 15.9. The Morgan fingerprint density at radius 1 is 1.11 bits per heavy atom. The molecule has 2 aromatic carbocycles. The Bertz CT molecular complexity index is 760. The van der Waals surface area contributed by atoms with E-state index in [1.165, 1.54) is 5.56 Å². The minimum absolute atomic E-state index is 0.131. The van der Waals surface area contributed by atoms with E-state index < -0.39 is 0 Å². The predicted octanol–water partition coefficient (Wildman–Crippen LogP) is 3.63. The van der Waals surface area contributed by atoms with Gasteiger partial charge in [-0.25, -0.2) is 0 Å². The Kier molecular flexibility index (Phi) is 5.44. The minimum Gasteiger partial charge on any atom is -0.489 e. The van der Waals surface area contributed by atoms with E-state index in [0.717, 1.165) is 37.1 Å². The first kappa shape index (κ1) is 18.1. The molecule has 0 spiro atoms. The molecule has 1 saturated carbocycles. The van der Waals surface area contributed by atoms with Crippen LogP contribution >= 0.6 is 0 Å². The van der Waals surface area contributed by atoms with E-state index >= 15 is 0 Å². The van der Waals surface area contributed by atoms with Gasteiger partial charge in [0.15, 0.2) is 0 Å². The molecule has 2 N–H and O–H groups in total. The summed E-state index contributed by atoms with van der Waals surface area (Å²) in [5.74, 6) is 1.58. The molecule has 0 bridgehead atoms. The molecule has 4 heteroatoms. The molecular formula is C23H28N2O2. The number of benzene rings is 2. The van der Waals surface area contributed by atoms with Crippen molar-refractivity contribution in [3.8, 4) is 5.75 Å². The number of piperidine rings is 1. The van der Waals surface area contributed by atoms with E-state index in [1.54, 1.807) is 0 Å². The van der Waals surface area contributed by atoms with Crippen molar-refractivity contribution in [3.63, 3.8) is 0 Å². The lowest BCUT2D eigenvalue weighted by Gasteiger charge is -2.28. The quantitative estimate of drug-likeness (QED) is 0.823. The number of amides is 1. The molecular weight excluding hydrogens is 336 g/mol. The Hall–Kier alpha value is -2.33. The average molecular weight is 364 g/mol. The van der Waals surface area contributed by atoms with Gasteiger partial charge in [0.25, 0.3) is 0 Å². The van der Waals surface area contributed by atoms with Crippen molar-refractivity contribution in [3.05, 3.63) is 65.7 Å². The number of rotatable bonds is 6. The molecule has 1 aliphatic heterocycles. The summed E-state index contributed by atoms with van der Waals surface area (Å²) in [7, 11) is 0. The summed E-state index contributed by atoms with van der Waals surface area (Å²) in [4.78, 5) is 12.5. The highest BCUT2D eigenvalue weighted by Crippen LogP contribution is 2.47. The van der Waals surface area contributed by atoms with E-state index in [-0.39, 0.29) is 11.8 Å². The highest BCUT2D eigenvalue weighted by molar-refractivity contribution is 5.83. The Labute approximate surface area is 161 Å². The Morgan fingerprint density at radius 3 is 2.63 bits per heavy atom. The van der Waals surface area contributed by atoms with E-state index in [2.05, 4.69) is 41.8 Å². The number of ether oxygens (including phenoxy) is 1. The third-order valence-electron chi connectivity index (χ3n) is 5.65. The molecule has 1 amide bonds. The number of carbonyl (C=O) groups is 1. The van der Waals surface area contributed by atoms with Gasteiger partial charge in [-0.2, -0.15) is 0 Å². The standard InChI is InChI=1S/C23H28N2O2/c1-16-13-19(11-12-24-16)25-23(26)22-14-21(22)18-7-9-20(10-8-18)27-15-17-5-3-2-4-6-17/h2-10,16,19,21-22,24H,11-15H2,1H3,(H,25,26). The zero-order chi connectivity index (χ0) is 18.6. The van der Waals surface area contributed by atoms with Crippen LogP contribution in [-0.4, -0.2) is 24.5 Å². The Morgan fingerprint density at radius 2 is 1.89 bits per heavy atom. The Balaban J connectivity index is 1.27. The van der Waals surface area contributed by atoms with Crippen LogP contribution in [0.3, 0.4) is 0 Å². The van der Waals surface area contributed by atoms with Crippen LogP contribution in [0.5, 0.6) is 5.75 Å². The van der Waals surface area contributed by atoms with Gasteiger partial charge >= 0.3 is 0 Å². The molecule has 1 aliphatic carbocycles. The van der Waals surface area contributed by atoms with Crippen LogP contribution in [-0.2, 0) is 11.4 Å². The minimum atomic E-state index is 0.131. The maximum atomic E-state index is 12.5. The van der Waals surface area contributed by atoms with Gasteiger partial charge in [0, 0.05) is 18.0 Å². The summed E-state index contributed by atoms with van der Waals surface area (Å²) in [6.45, 7) is 3.74. The number of nitrogens with one attached hydrogen (secondary N) is 2. The number of carbonyl (C=O) groups excluding carboxylic acids is 1. The maximum absolute atomic E-state index is 12.5. The largest absolute Gasteiger partial charge is 0.489 e. The van der Waals surface area contributed by atoms with Gasteiger partial charge in [-0.15, -0.1) is 0 Å². The third-order valence-corrected chi connectivity index (χ3v) is 5.65. The van der Waals surface area contributed by atoms with Crippen LogP contribution in [0.2, 0.25) is 0 Å². The van der Waals surface area contributed by atoms with Crippen molar-refractivity contribution in [1.82, 2.24) is 10.6 Å². The SMILES string of the molecule is CC1CC(NC(=O)C2CC2c2ccc(OCc3ccccc3)cc2)CCN1. The second kappa shape index (κ2) is 8.13. The first-order valence-corrected chi connectivity index (χ1v) is 9.99. The van der Waals surface area contributed by atoms with Gasteiger partial charge in [0.1, 0.15) is 12.4 Å². The van der Waals surface area contributed by atoms with Crippen molar-refractivity contribution in [2.24, 2.45) is 5.92 Å². The van der Waals surface area contributed by atoms with Crippen LogP contribution < -0.4 is 15.4 Å². The van der Waals surface area contributed by atoms with Gasteiger partial charge in [-0.1, -0.05) is 42.5 Å². The summed E-state index contributed by atoms with van der Waals surface area (Å²) in [5, 5.41) is 6.68. The highest BCUT2D eigenvalue weighted by atomic mass is 16.5. The van der Waals surface area contributed by atoms with Crippen molar-refractivity contribution < 1.29 is 9.53 Å². The fourth-order valence-electron chi connectivity index (χ4n) is 3.98. The summed E-state index contributed by atoms with van der Waals surface area (Å²) in [6.07, 6.45) is 3.01. The summed E-state index contributed by atoms with van der Waals surface area (Å²) < 4.78 is 5.85. The predicted molar refractivity (Wildman–Crippen MR) is 107 cm³/mol. The average Bonchev–Trinajstić information content (AvgIpc) is 3.49. The first-order chi connectivity index (χ1) is 13.2. The van der Waals surface area contributed by atoms with Gasteiger partial charge in [0.05, 0.1) is 0 Å². The molecule has 4 atom stereocenters. The smallest absolute Gasteiger partial charge is 0.223 e. The molecule has 142 valence electrons. The van der Waals surface area contributed by atoms with Gasteiger partial charge < -0.3 is 15.4 Å². The van der Waals surface area contributed by atoms with E-state index in [4.69, 9.17) is 4.74 Å². The van der Waals surface area contributed by atoms with Crippen molar-refractivity contribution >= 4 is 5.91 Å². The molecule has 4 rings (SSSR count). The van der Waals surface area contributed by atoms with E-state index in [9.17, 15) is 4.79 Å². The normalized spacial score (nSPS) is 27.0. The van der Waals surface area contributed by atoms with Crippen LogP contribution in [0.25, 0.3) is 0 Å². The fourth-order valence-corrected chi connectivity index (χ4v) is 3.98. The molecule has 4 nitrogen and oxygen atoms in total. The molecule has 2 fully saturated rings. The lowest BCUT2D eigenvalue weighted by atomic mass is 10.0. The van der Waals surface area contributed by atoms with Crippen molar-refractivity contribution in [1.29, 1.82) is 0 Å². The van der Waals surface area contributed by atoms with Crippen LogP contribution in [0, 0.1) is 5.92 Å². The molecule has 2 aliphatic rings. The van der Waals surface area contributed by atoms with Crippen LogP contribution in [0.15, 0.2) is 54.6 Å². The lowest BCUT2D eigenvalue weighted by molar-refractivity contribution is -0.123. The molecule has 2 aromatic rings. The molecule has 1 heterocycles. The maximum Gasteiger partial charge on any atom is 0.223 e. The van der Waals surface area contributed by atoms with Crippen LogP contribution in [0.1, 0.15) is 43.2 Å². The van der Waals surface area contributed by atoms with Crippen molar-refractivity contribution in [2.75, 3.05) is 6.54 Å². The van der Waals surface area contributed by atoms with E-state index in [0.29, 0.717) is 24.6 Å². The fraction of sp³-hybridized carbons (Fsp3) is 0.435. The van der Waals surface area contributed by atoms with Gasteiger partial charge in [0.2, 0.25) is 5.91 Å². The van der Waals surface area contributed by atoms with Crippen LogP contribution in [0.4, 0.5) is 0 Å². The first-order valence-electron chi connectivity index (χ1n) is 9.99. The lowest BCUT2D eigenvalue weighted by Crippen LogP contribution is -2.47. The second-order valence-electron chi connectivity index (χ2n) is 7.88. The number of hydrogen-bond acceptors (Lipinski definition) is 3. The molecule has 1 saturated heterocycles. The van der Waals surface area contributed by atoms with E-state index in [1.807, 2.05) is 30.3 Å².